The summed E-state index contributed by atoms with van der Waals surface area (Å²) in [5.74, 6) is 0.892. The van der Waals surface area contributed by atoms with Crippen LogP contribution in [0.3, 0.4) is 0 Å². The van der Waals surface area contributed by atoms with Crippen LogP contribution in [0.5, 0.6) is 0 Å². The van der Waals surface area contributed by atoms with Crippen LogP contribution in [0.1, 0.15) is 33.1 Å². The van der Waals surface area contributed by atoms with Gasteiger partial charge in [-0.1, -0.05) is 15.9 Å². The maximum absolute atomic E-state index is 12.3. The number of hydrogen-bond acceptors (Lipinski definition) is 5. The Balaban J connectivity index is 1.86. The number of nitrogens with one attached hydrogen (secondary N) is 1. The molecule has 0 heterocycles. The lowest BCUT2D eigenvalue weighted by atomic mass is 9.82. The first-order chi connectivity index (χ1) is 11.5. The topological polar surface area (TPSA) is 55.4 Å². The molecular formula is C18H22BrNO3S. The van der Waals surface area contributed by atoms with Gasteiger partial charge in [0.15, 0.2) is 11.6 Å². The highest BCUT2D eigenvalue weighted by Crippen LogP contribution is 2.29. The molecular weight excluding hydrogens is 390 g/mol. The molecule has 1 aliphatic carbocycles. The highest BCUT2D eigenvalue weighted by molar-refractivity contribution is 9.10. The van der Waals surface area contributed by atoms with Crippen molar-refractivity contribution in [3.05, 3.63) is 40.0 Å². The summed E-state index contributed by atoms with van der Waals surface area (Å²) < 4.78 is 1.06. The molecule has 24 heavy (non-hydrogen) atoms. The zero-order valence-electron chi connectivity index (χ0n) is 13.9. The predicted octanol–water partition coefficient (Wildman–Crippen LogP) is 4.29. The number of rotatable bonds is 7. The number of hydrogen-bond donors (Lipinski definition) is 1. The molecule has 0 bridgehead atoms. The Morgan fingerprint density at radius 2 is 1.88 bits per heavy atom. The average molecular weight is 412 g/mol. The monoisotopic (exact) mass is 411 g/mol. The molecule has 1 aromatic carbocycles. The summed E-state index contributed by atoms with van der Waals surface area (Å²) >= 11 is 5.18. The molecule has 6 heteroatoms. The van der Waals surface area contributed by atoms with Crippen molar-refractivity contribution in [3.63, 3.8) is 0 Å². The number of allylic oxidation sites excluding steroid dienone is 2. The van der Waals surface area contributed by atoms with Gasteiger partial charge in [-0.15, -0.1) is 11.8 Å². The van der Waals surface area contributed by atoms with Crippen molar-refractivity contribution in [2.75, 3.05) is 12.4 Å². The molecule has 0 amide bonds. The standard InChI is InChI=1S/C18H22BrNO3S/c1-3-23-20-12(2)18-16(21)10-13(11-17(18)22)8-9-24-15-6-4-14(19)5-7-15/h4-7,13,20H,3,8-11H2,1-2H3. The van der Waals surface area contributed by atoms with E-state index in [0.29, 0.717) is 25.1 Å². The number of ketones is 2. The minimum absolute atomic E-state index is 0.0744. The summed E-state index contributed by atoms with van der Waals surface area (Å²) in [6.07, 6.45) is 1.74. The van der Waals surface area contributed by atoms with Crippen LogP contribution in [0.25, 0.3) is 0 Å². The fourth-order valence-corrected chi connectivity index (χ4v) is 3.96. The first-order valence-corrected chi connectivity index (χ1v) is 9.82. The van der Waals surface area contributed by atoms with E-state index in [0.717, 1.165) is 16.6 Å². The number of carbonyl (C=O) groups excluding carboxylic acids is 2. The van der Waals surface area contributed by atoms with Gasteiger partial charge in [0.25, 0.3) is 0 Å². The Kier molecular flexibility index (Phi) is 7.52. The zero-order chi connectivity index (χ0) is 17.5. The second kappa shape index (κ2) is 9.39. The van der Waals surface area contributed by atoms with Crippen LogP contribution in [0.2, 0.25) is 0 Å². The van der Waals surface area contributed by atoms with Gasteiger partial charge in [0, 0.05) is 27.9 Å². The van der Waals surface area contributed by atoms with Crippen molar-refractivity contribution >= 4 is 39.3 Å². The molecule has 4 nitrogen and oxygen atoms in total. The van der Waals surface area contributed by atoms with Gasteiger partial charge in [0.2, 0.25) is 0 Å². The quantitative estimate of drug-likeness (QED) is 0.313. The van der Waals surface area contributed by atoms with E-state index in [1.165, 1.54) is 4.90 Å². The van der Waals surface area contributed by atoms with Gasteiger partial charge in [0.05, 0.1) is 12.2 Å². The summed E-state index contributed by atoms with van der Waals surface area (Å²) in [6.45, 7) is 4.03. The number of hydroxylamine groups is 1. The molecule has 0 spiro atoms. The van der Waals surface area contributed by atoms with Crippen LogP contribution in [0.4, 0.5) is 0 Å². The van der Waals surface area contributed by atoms with Crippen molar-refractivity contribution in [1.29, 1.82) is 0 Å². The van der Waals surface area contributed by atoms with Crippen molar-refractivity contribution < 1.29 is 14.4 Å². The lowest BCUT2D eigenvalue weighted by molar-refractivity contribution is -0.125. The van der Waals surface area contributed by atoms with Gasteiger partial charge in [-0.25, -0.2) is 0 Å². The molecule has 0 saturated heterocycles. The van der Waals surface area contributed by atoms with Crippen LogP contribution >= 0.6 is 27.7 Å². The molecule has 2 rings (SSSR count). The average Bonchev–Trinajstić information content (AvgIpc) is 2.54. The fourth-order valence-electron chi connectivity index (χ4n) is 2.68. The number of Topliss-reactive ketones (excluding diaryl/α,β-unsaturated/α-hetero) is 2. The lowest BCUT2D eigenvalue weighted by Crippen LogP contribution is -2.30. The number of carbonyl (C=O) groups is 2. The Hall–Kier alpha value is -1.11. The summed E-state index contributed by atoms with van der Waals surface area (Å²) in [7, 11) is 0. The number of benzene rings is 1. The van der Waals surface area contributed by atoms with Crippen molar-refractivity contribution in [1.82, 2.24) is 5.48 Å². The maximum atomic E-state index is 12.3. The summed E-state index contributed by atoms with van der Waals surface area (Å²) in [5, 5.41) is 0. The predicted molar refractivity (Wildman–Crippen MR) is 99.7 cm³/mol. The van der Waals surface area contributed by atoms with E-state index in [9.17, 15) is 9.59 Å². The van der Waals surface area contributed by atoms with E-state index in [1.807, 2.05) is 19.1 Å². The first kappa shape index (κ1) is 19.2. The Bertz CT molecular complexity index is 608. The van der Waals surface area contributed by atoms with E-state index in [1.54, 1.807) is 18.7 Å². The Morgan fingerprint density at radius 1 is 1.25 bits per heavy atom. The first-order valence-electron chi connectivity index (χ1n) is 8.04. The lowest BCUT2D eigenvalue weighted by Gasteiger charge is -2.23. The van der Waals surface area contributed by atoms with Crippen molar-refractivity contribution in [2.24, 2.45) is 5.92 Å². The normalized spacial score (nSPS) is 18.0. The molecule has 0 aliphatic heterocycles. The minimum atomic E-state index is -0.0744. The number of thioether (sulfide) groups is 1. The largest absolute Gasteiger partial charge is 0.294 e. The van der Waals surface area contributed by atoms with E-state index < -0.39 is 0 Å². The molecule has 1 fully saturated rings. The van der Waals surface area contributed by atoms with Crippen molar-refractivity contribution in [3.8, 4) is 0 Å². The van der Waals surface area contributed by atoms with Gasteiger partial charge in [-0.2, -0.15) is 0 Å². The molecule has 130 valence electrons. The third-order valence-electron chi connectivity index (χ3n) is 3.86. The molecule has 0 radical (unpaired) electrons. The molecule has 0 aromatic heterocycles. The zero-order valence-corrected chi connectivity index (χ0v) is 16.3. The van der Waals surface area contributed by atoms with Gasteiger partial charge in [-0.3, -0.25) is 19.9 Å². The maximum Gasteiger partial charge on any atom is 0.168 e. The minimum Gasteiger partial charge on any atom is -0.294 e. The van der Waals surface area contributed by atoms with Crippen LogP contribution in [-0.4, -0.2) is 23.9 Å². The van der Waals surface area contributed by atoms with E-state index in [-0.39, 0.29) is 23.1 Å². The Morgan fingerprint density at radius 3 is 2.46 bits per heavy atom. The molecule has 1 aliphatic rings. The summed E-state index contributed by atoms with van der Waals surface area (Å²) in [6, 6.07) is 8.16. The second-order valence-corrected chi connectivity index (χ2v) is 7.83. The molecule has 0 unspecified atom stereocenters. The highest BCUT2D eigenvalue weighted by atomic mass is 79.9. The summed E-state index contributed by atoms with van der Waals surface area (Å²) in [4.78, 5) is 30.9. The molecule has 1 N–H and O–H groups in total. The smallest absolute Gasteiger partial charge is 0.168 e. The van der Waals surface area contributed by atoms with Crippen molar-refractivity contribution in [2.45, 2.75) is 38.0 Å². The second-order valence-electron chi connectivity index (χ2n) is 5.75. The molecule has 0 atom stereocenters. The molecule has 1 saturated carbocycles. The SMILES string of the molecule is CCONC(C)=C1C(=O)CC(CCSc2ccc(Br)cc2)CC1=O. The van der Waals surface area contributed by atoms with E-state index in [4.69, 9.17) is 4.84 Å². The third-order valence-corrected chi connectivity index (χ3v) is 5.43. The molecule has 1 aromatic rings. The summed E-state index contributed by atoms with van der Waals surface area (Å²) in [5.41, 5.74) is 3.48. The van der Waals surface area contributed by atoms with Crippen LogP contribution in [0, 0.1) is 5.92 Å². The Labute approximate surface area is 155 Å². The van der Waals surface area contributed by atoms with Gasteiger partial charge in [-0.05, 0) is 56.2 Å². The van der Waals surface area contributed by atoms with Gasteiger partial charge < -0.3 is 0 Å². The van der Waals surface area contributed by atoms with Crippen LogP contribution in [0.15, 0.2) is 44.9 Å². The van der Waals surface area contributed by atoms with Crippen LogP contribution in [-0.2, 0) is 14.4 Å². The van der Waals surface area contributed by atoms with E-state index in [2.05, 4.69) is 33.5 Å². The van der Waals surface area contributed by atoms with Crippen LogP contribution < -0.4 is 5.48 Å². The fraction of sp³-hybridized carbons (Fsp3) is 0.444. The third kappa shape index (κ3) is 5.46. The van der Waals surface area contributed by atoms with Gasteiger partial charge >= 0.3 is 0 Å². The number of halogens is 1. The van der Waals surface area contributed by atoms with Gasteiger partial charge in [0.1, 0.15) is 0 Å². The van der Waals surface area contributed by atoms with E-state index >= 15 is 0 Å². The highest BCUT2D eigenvalue weighted by Gasteiger charge is 2.31.